The molecule has 0 spiro atoms. The van der Waals surface area contributed by atoms with Gasteiger partial charge in [-0.05, 0) is 0 Å². The van der Waals surface area contributed by atoms with E-state index >= 15 is 0 Å². The lowest BCUT2D eigenvalue weighted by Crippen LogP contribution is -2.44. The van der Waals surface area contributed by atoms with E-state index in [1.807, 2.05) is 0 Å². The second kappa shape index (κ2) is 4.19. The van der Waals surface area contributed by atoms with Crippen LogP contribution < -0.4 is 10.6 Å². The van der Waals surface area contributed by atoms with Crippen molar-refractivity contribution in [1.29, 1.82) is 0 Å². The normalized spacial score (nSPS) is 27.6. The minimum Gasteiger partial charge on any atom is -0.371 e. The summed E-state index contributed by atoms with van der Waals surface area (Å²) in [5.41, 5.74) is 0.188. The Labute approximate surface area is 91.4 Å². The van der Waals surface area contributed by atoms with Crippen LogP contribution in [0.15, 0.2) is 29.3 Å². The molecule has 0 aromatic rings. The smallest absolute Gasteiger partial charge is 0.110 e. The molecule has 2 rings (SSSR count). The molecule has 15 heavy (non-hydrogen) atoms. The number of hydrogen-bond donors (Lipinski definition) is 2. The van der Waals surface area contributed by atoms with Crippen molar-refractivity contribution in [1.82, 2.24) is 10.6 Å². The number of allylic oxidation sites excluding steroid dienone is 2. The highest BCUT2D eigenvalue weighted by Gasteiger charge is 2.26. The van der Waals surface area contributed by atoms with Gasteiger partial charge in [0.15, 0.2) is 0 Å². The summed E-state index contributed by atoms with van der Waals surface area (Å²) in [6, 6.07) is 0.396. The average molecular weight is 205 g/mol. The fourth-order valence-corrected chi connectivity index (χ4v) is 1.93. The second-order valence-electron chi connectivity index (χ2n) is 4.68. The lowest BCUT2D eigenvalue weighted by Gasteiger charge is -2.32. The van der Waals surface area contributed by atoms with Crippen molar-refractivity contribution in [3.05, 3.63) is 24.3 Å². The van der Waals surface area contributed by atoms with Crippen LogP contribution in [0.5, 0.6) is 0 Å². The van der Waals surface area contributed by atoms with Crippen LogP contribution in [0.3, 0.4) is 0 Å². The van der Waals surface area contributed by atoms with E-state index in [1.54, 1.807) is 0 Å². The van der Waals surface area contributed by atoms with Gasteiger partial charge < -0.3 is 10.6 Å². The molecule has 0 aromatic carbocycles. The van der Waals surface area contributed by atoms with Crippen molar-refractivity contribution in [2.24, 2.45) is 10.4 Å². The summed E-state index contributed by atoms with van der Waals surface area (Å²) < 4.78 is 0. The van der Waals surface area contributed by atoms with E-state index in [-0.39, 0.29) is 5.41 Å². The van der Waals surface area contributed by atoms with E-state index in [9.17, 15) is 0 Å². The summed E-state index contributed by atoms with van der Waals surface area (Å²) >= 11 is 0. The molecule has 1 heterocycles. The number of amidine groups is 1. The molecule has 1 aliphatic heterocycles. The summed E-state index contributed by atoms with van der Waals surface area (Å²) in [7, 11) is 0. The van der Waals surface area contributed by atoms with Crippen LogP contribution >= 0.6 is 0 Å². The van der Waals surface area contributed by atoms with Crippen LogP contribution in [0.1, 0.15) is 13.8 Å². The standard InChI is InChI=1S/C12H19N3/c1-12(2)6-4-3-5-10(12)15-9-11-13-7-8-14-11/h3-6,10,15H,7-9H2,1-2H3,(H,13,14). The maximum absolute atomic E-state index is 4.37. The van der Waals surface area contributed by atoms with Crippen molar-refractivity contribution in [2.45, 2.75) is 19.9 Å². The van der Waals surface area contributed by atoms with Crippen LogP contribution in [-0.4, -0.2) is 31.5 Å². The zero-order valence-electron chi connectivity index (χ0n) is 9.46. The predicted octanol–water partition coefficient (Wildman–Crippen LogP) is 1.10. The molecule has 82 valence electrons. The van der Waals surface area contributed by atoms with Gasteiger partial charge in [0, 0.05) is 18.0 Å². The first-order valence-electron chi connectivity index (χ1n) is 5.55. The summed E-state index contributed by atoms with van der Waals surface area (Å²) in [5, 5.41) is 6.79. The topological polar surface area (TPSA) is 36.4 Å². The molecule has 2 N–H and O–H groups in total. The Morgan fingerprint density at radius 2 is 2.40 bits per heavy atom. The molecule has 0 aromatic heterocycles. The fourth-order valence-electron chi connectivity index (χ4n) is 1.93. The van der Waals surface area contributed by atoms with Gasteiger partial charge in [-0.2, -0.15) is 0 Å². The molecule has 3 nitrogen and oxygen atoms in total. The van der Waals surface area contributed by atoms with E-state index in [1.165, 1.54) is 0 Å². The Hall–Kier alpha value is -1.09. The number of aliphatic imine (C=N–C) groups is 1. The van der Waals surface area contributed by atoms with Gasteiger partial charge in [-0.15, -0.1) is 0 Å². The summed E-state index contributed by atoms with van der Waals surface area (Å²) in [6.07, 6.45) is 8.68. The van der Waals surface area contributed by atoms with Crippen molar-refractivity contribution in [2.75, 3.05) is 19.6 Å². The Kier molecular flexibility index (Phi) is 2.91. The van der Waals surface area contributed by atoms with Gasteiger partial charge in [0.1, 0.15) is 5.84 Å². The van der Waals surface area contributed by atoms with Crippen molar-refractivity contribution in [3.8, 4) is 0 Å². The molecule has 2 aliphatic rings. The molecule has 0 amide bonds. The number of nitrogens with zero attached hydrogens (tertiary/aromatic N) is 1. The Morgan fingerprint density at radius 3 is 3.07 bits per heavy atom. The van der Waals surface area contributed by atoms with Crippen LogP contribution in [0.2, 0.25) is 0 Å². The third-order valence-electron chi connectivity index (χ3n) is 2.97. The first-order valence-corrected chi connectivity index (χ1v) is 5.55. The molecular weight excluding hydrogens is 186 g/mol. The number of nitrogens with one attached hydrogen (secondary N) is 2. The number of hydrogen-bond acceptors (Lipinski definition) is 3. The highest BCUT2D eigenvalue weighted by atomic mass is 15.1. The molecule has 0 radical (unpaired) electrons. The van der Waals surface area contributed by atoms with E-state index in [0.717, 1.165) is 25.5 Å². The third kappa shape index (κ3) is 2.48. The molecule has 1 atom stereocenters. The third-order valence-corrected chi connectivity index (χ3v) is 2.97. The average Bonchev–Trinajstić information content (AvgIpc) is 2.68. The van der Waals surface area contributed by atoms with Crippen LogP contribution in [-0.2, 0) is 0 Å². The van der Waals surface area contributed by atoms with Gasteiger partial charge in [-0.1, -0.05) is 38.2 Å². The van der Waals surface area contributed by atoms with Gasteiger partial charge >= 0.3 is 0 Å². The summed E-state index contributed by atoms with van der Waals surface area (Å²) in [5.74, 6) is 1.09. The zero-order valence-corrected chi connectivity index (χ0v) is 9.46. The lowest BCUT2D eigenvalue weighted by atomic mass is 9.81. The fraction of sp³-hybridized carbons (Fsp3) is 0.583. The minimum absolute atomic E-state index is 0.188. The van der Waals surface area contributed by atoms with E-state index in [0.29, 0.717) is 6.04 Å². The molecule has 0 saturated heterocycles. The molecule has 0 saturated carbocycles. The first kappa shape index (κ1) is 10.4. The molecule has 3 heteroatoms. The second-order valence-corrected chi connectivity index (χ2v) is 4.68. The molecule has 0 bridgehead atoms. The van der Waals surface area contributed by atoms with E-state index in [4.69, 9.17) is 0 Å². The Balaban J connectivity index is 1.88. The quantitative estimate of drug-likeness (QED) is 0.724. The van der Waals surface area contributed by atoms with Gasteiger partial charge in [0.05, 0.1) is 13.1 Å². The van der Waals surface area contributed by atoms with Crippen LogP contribution in [0.4, 0.5) is 0 Å². The van der Waals surface area contributed by atoms with Gasteiger partial charge in [-0.25, -0.2) is 0 Å². The molecule has 1 unspecified atom stereocenters. The Morgan fingerprint density at radius 1 is 1.53 bits per heavy atom. The maximum atomic E-state index is 4.37. The van der Waals surface area contributed by atoms with Gasteiger partial charge in [0.25, 0.3) is 0 Å². The lowest BCUT2D eigenvalue weighted by molar-refractivity contribution is 0.368. The first-order chi connectivity index (χ1) is 7.18. The van der Waals surface area contributed by atoms with Gasteiger partial charge in [0.2, 0.25) is 0 Å². The number of rotatable bonds is 3. The summed E-state index contributed by atoms with van der Waals surface area (Å²) in [4.78, 5) is 4.37. The zero-order chi connectivity index (χ0) is 10.7. The molecule has 0 fully saturated rings. The van der Waals surface area contributed by atoms with Gasteiger partial charge in [-0.3, -0.25) is 4.99 Å². The van der Waals surface area contributed by atoms with Crippen molar-refractivity contribution < 1.29 is 0 Å². The van der Waals surface area contributed by atoms with E-state index < -0.39 is 0 Å². The highest BCUT2D eigenvalue weighted by molar-refractivity contribution is 5.85. The minimum atomic E-state index is 0.188. The maximum Gasteiger partial charge on any atom is 0.110 e. The Bertz CT molecular complexity index is 313. The molecular formula is C12H19N3. The van der Waals surface area contributed by atoms with Crippen LogP contribution in [0, 0.1) is 5.41 Å². The van der Waals surface area contributed by atoms with Crippen molar-refractivity contribution >= 4 is 5.84 Å². The summed E-state index contributed by atoms with van der Waals surface area (Å²) in [6.45, 7) is 7.23. The SMILES string of the molecule is CC1(C)C=CC=CC1NCC1=NCCN1. The largest absolute Gasteiger partial charge is 0.371 e. The van der Waals surface area contributed by atoms with E-state index in [2.05, 4.69) is 53.8 Å². The monoisotopic (exact) mass is 205 g/mol. The molecule has 1 aliphatic carbocycles. The predicted molar refractivity (Wildman–Crippen MR) is 64.2 cm³/mol. The van der Waals surface area contributed by atoms with Crippen molar-refractivity contribution in [3.63, 3.8) is 0 Å². The highest BCUT2D eigenvalue weighted by Crippen LogP contribution is 2.26. The van der Waals surface area contributed by atoms with Crippen LogP contribution in [0.25, 0.3) is 0 Å².